The van der Waals surface area contributed by atoms with Gasteiger partial charge in [-0.15, -0.1) is 0 Å². The molecule has 0 saturated carbocycles. The molecule has 1 atom stereocenters. The van der Waals surface area contributed by atoms with Crippen LogP contribution in [-0.4, -0.2) is 10.2 Å². The predicted molar refractivity (Wildman–Crippen MR) is 74.6 cm³/mol. The molecule has 4 heteroatoms. The SMILES string of the molecule is CC(=O)O[S@@](=O)C(c1ccccc1)c1ccccc1. The Kier molecular flexibility index (Phi) is 4.47. The van der Waals surface area contributed by atoms with E-state index in [1.807, 2.05) is 60.7 Å². The standard InChI is InChI=1S/C15H14O3S/c1-12(16)18-19(17)15(13-8-4-2-5-9-13)14-10-6-3-7-11-14/h2-11,15H,1H3/t19-/m1/s1. The molecule has 2 aromatic carbocycles. The lowest BCUT2D eigenvalue weighted by molar-refractivity contribution is -0.131. The van der Waals surface area contributed by atoms with E-state index in [9.17, 15) is 9.00 Å². The molecule has 0 aliphatic heterocycles. The maximum Gasteiger partial charge on any atom is 0.316 e. The van der Waals surface area contributed by atoms with Crippen molar-refractivity contribution in [3.8, 4) is 0 Å². The molecule has 0 bridgehead atoms. The van der Waals surface area contributed by atoms with Crippen LogP contribution in [0.15, 0.2) is 60.7 Å². The molecule has 19 heavy (non-hydrogen) atoms. The van der Waals surface area contributed by atoms with Gasteiger partial charge in [0.1, 0.15) is 5.25 Å². The van der Waals surface area contributed by atoms with Gasteiger partial charge in [0.25, 0.3) is 0 Å². The molecule has 0 aromatic heterocycles. The Balaban J connectivity index is 2.40. The van der Waals surface area contributed by atoms with Crippen LogP contribution in [0.4, 0.5) is 0 Å². The van der Waals surface area contributed by atoms with Crippen molar-refractivity contribution in [2.75, 3.05) is 0 Å². The fraction of sp³-hybridized carbons (Fsp3) is 0.133. The van der Waals surface area contributed by atoms with Gasteiger partial charge in [-0.1, -0.05) is 60.7 Å². The summed E-state index contributed by atoms with van der Waals surface area (Å²) in [5, 5.41) is -0.466. The smallest absolute Gasteiger partial charge is 0.316 e. The quantitative estimate of drug-likeness (QED) is 0.860. The van der Waals surface area contributed by atoms with Crippen molar-refractivity contribution in [1.82, 2.24) is 0 Å². The molecule has 2 aromatic rings. The average Bonchev–Trinajstić information content (AvgIpc) is 2.40. The Morgan fingerprint density at radius 3 is 1.74 bits per heavy atom. The molecular weight excluding hydrogens is 260 g/mol. The van der Waals surface area contributed by atoms with E-state index in [1.54, 1.807) is 0 Å². The zero-order valence-electron chi connectivity index (χ0n) is 10.5. The summed E-state index contributed by atoms with van der Waals surface area (Å²) < 4.78 is 17.1. The minimum Gasteiger partial charge on any atom is -0.364 e. The van der Waals surface area contributed by atoms with Crippen LogP contribution in [0.2, 0.25) is 0 Å². The van der Waals surface area contributed by atoms with Crippen LogP contribution in [-0.2, 0) is 20.1 Å². The average molecular weight is 274 g/mol. The van der Waals surface area contributed by atoms with E-state index < -0.39 is 22.3 Å². The fourth-order valence-electron chi connectivity index (χ4n) is 1.83. The largest absolute Gasteiger partial charge is 0.364 e. The van der Waals surface area contributed by atoms with Gasteiger partial charge in [-0.2, -0.15) is 0 Å². The van der Waals surface area contributed by atoms with Crippen LogP contribution in [0.25, 0.3) is 0 Å². The van der Waals surface area contributed by atoms with Crippen LogP contribution in [0.1, 0.15) is 23.3 Å². The lowest BCUT2D eigenvalue weighted by Gasteiger charge is -2.16. The molecule has 2 rings (SSSR count). The molecule has 0 aliphatic rings. The minimum absolute atomic E-state index is 0.466. The van der Waals surface area contributed by atoms with E-state index in [4.69, 9.17) is 4.18 Å². The van der Waals surface area contributed by atoms with Crippen molar-refractivity contribution in [3.05, 3.63) is 71.8 Å². The Labute approximate surface area is 114 Å². The maximum absolute atomic E-state index is 12.2. The highest BCUT2D eigenvalue weighted by Crippen LogP contribution is 2.28. The topological polar surface area (TPSA) is 43.4 Å². The third-order valence-corrected chi connectivity index (χ3v) is 3.92. The Morgan fingerprint density at radius 2 is 1.37 bits per heavy atom. The third kappa shape index (κ3) is 3.51. The van der Waals surface area contributed by atoms with Crippen molar-refractivity contribution in [3.63, 3.8) is 0 Å². The normalized spacial score (nSPS) is 12.1. The molecule has 0 radical (unpaired) electrons. The highest BCUT2D eigenvalue weighted by Gasteiger charge is 2.23. The Hall–Kier alpha value is -1.94. The van der Waals surface area contributed by atoms with Gasteiger partial charge in [0.2, 0.25) is 11.1 Å². The monoisotopic (exact) mass is 274 g/mol. The first-order chi connectivity index (χ1) is 9.18. The molecule has 0 fully saturated rings. The Morgan fingerprint density at radius 1 is 0.947 bits per heavy atom. The molecule has 0 unspecified atom stereocenters. The molecular formula is C15H14O3S. The summed E-state index contributed by atoms with van der Waals surface area (Å²) in [7, 11) is 0. The van der Waals surface area contributed by atoms with Crippen LogP contribution in [0, 0.1) is 0 Å². The molecule has 0 aliphatic carbocycles. The zero-order valence-corrected chi connectivity index (χ0v) is 11.3. The number of rotatable bonds is 4. The van der Waals surface area contributed by atoms with Crippen molar-refractivity contribution in [2.24, 2.45) is 0 Å². The summed E-state index contributed by atoms with van der Waals surface area (Å²) in [4.78, 5) is 11.0. The van der Waals surface area contributed by atoms with Gasteiger partial charge in [-0.3, -0.25) is 4.79 Å². The molecule has 0 amide bonds. The van der Waals surface area contributed by atoms with E-state index in [1.165, 1.54) is 6.92 Å². The number of hydrogen-bond acceptors (Lipinski definition) is 3. The van der Waals surface area contributed by atoms with E-state index in [-0.39, 0.29) is 0 Å². The van der Waals surface area contributed by atoms with Gasteiger partial charge in [0.15, 0.2) is 0 Å². The molecule has 0 spiro atoms. The van der Waals surface area contributed by atoms with Crippen LogP contribution in [0.5, 0.6) is 0 Å². The van der Waals surface area contributed by atoms with Gasteiger partial charge in [-0.25, -0.2) is 4.21 Å². The lowest BCUT2D eigenvalue weighted by atomic mass is 10.0. The first-order valence-electron chi connectivity index (χ1n) is 5.88. The molecule has 98 valence electrons. The summed E-state index contributed by atoms with van der Waals surface area (Å²) in [5.74, 6) is -0.546. The van der Waals surface area contributed by atoms with Crippen LogP contribution in [0.3, 0.4) is 0 Å². The number of benzene rings is 2. The van der Waals surface area contributed by atoms with Gasteiger partial charge in [-0.05, 0) is 11.1 Å². The van der Waals surface area contributed by atoms with Gasteiger partial charge in [0, 0.05) is 6.92 Å². The second-order valence-corrected chi connectivity index (χ2v) is 5.20. The highest BCUT2D eigenvalue weighted by atomic mass is 32.2. The fourth-order valence-corrected chi connectivity index (χ4v) is 2.92. The predicted octanol–water partition coefficient (Wildman–Crippen LogP) is 3.00. The highest BCUT2D eigenvalue weighted by molar-refractivity contribution is 7.81. The van der Waals surface area contributed by atoms with Crippen molar-refractivity contribution >= 4 is 17.0 Å². The first-order valence-corrected chi connectivity index (χ1v) is 7.01. The van der Waals surface area contributed by atoms with Gasteiger partial charge >= 0.3 is 5.97 Å². The lowest BCUT2D eigenvalue weighted by Crippen LogP contribution is -2.13. The van der Waals surface area contributed by atoms with Gasteiger partial charge in [0.05, 0.1) is 0 Å². The Bertz CT molecular complexity index is 527. The van der Waals surface area contributed by atoms with Crippen molar-refractivity contribution < 1.29 is 13.2 Å². The second-order valence-electron chi connectivity index (χ2n) is 4.04. The molecule has 0 heterocycles. The van der Waals surface area contributed by atoms with E-state index in [2.05, 4.69) is 0 Å². The first kappa shape index (κ1) is 13.5. The van der Waals surface area contributed by atoms with E-state index in [0.29, 0.717) is 0 Å². The van der Waals surface area contributed by atoms with E-state index >= 15 is 0 Å². The van der Waals surface area contributed by atoms with E-state index in [0.717, 1.165) is 11.1 Å². The van der Waals surface area contributed by atoms with Crippen LogP contribution < -0.4 is 0 Å². The van der Waals surface area contributed by atoms with Crippen LogP contribution >= 0.6 is 0 Å². The summed E-state index contributed by atoms with van der Waals surface area (Å²) in [6.45, 7) is 1.25. The minimum atomic E-state index is -1.74. The summed E-state index contributed by atoms with van der Waals surface area (Å²) >= 11 is -1.74. The zero-order chi connectivity index (χ0) is 13.7. The van der Waals surface area contributed by atoms with Crippen molar-refractivity contribution in [2.45, 2.75) is 12.2 Å². The summed E-state index contributed by atoms with van der Waals surface area (Å²) in [6.07, 6.45) is 0. The van der Waals surface area contributed by atoms with Crippen molar-refractivity contribution in [1.29, 1.82) is 0 Å². The summed E-state index contributed by atoms with van der Waals surface area (Å²) in [5.41, 5.74) is 1.71. The second kappa shape index (κ2) is 6.29. The maximum atomic E-state index is 12.2. The number of carbonyl (C=O) groups excluding carboxylic acids is 1. The van der Waals surface area contributed by atoms with Gasteiger partial charge < -0.3 is 4.18 Å². The summed E-state index contributed by atoms with van der Waals surface area (Å²) in [6, 6.07) is 18.8. The molecule has 0 N–H and O–H groups in total. The molecule has 3 nitrogen and oxygen atoms in total. The number of hydrogen-bond donors (Lipinski definition) is 0. The third-order valence-electron chi connectivity index (χ3n) is 2.60. The molecule has 0 saturated heterocycles. The number of carbonyl (C=O) groups is 1.